The first-order valence-electron chi connectivity index (χ1n) is 10.8. The highest BCUT2D eigenvalue weighted by molar-refractivity contribution is 5.39. The van der Waals surface area contributed by atoms with Crippen molar-refractivity contribution in [1.29, 1.82) is 0 Å². The number of ether oxygens (including phenoxy) is 1. The average molecular weight is 367 g/mol. The summed E-state index contributed by atoms with van der Waals surface area (Å²) >= 11 is 0. The van der Waals surface area contributed by atoms with E-state index in [-0.39, 0.29) is 0 Å². The van der Waals surface area contributed by atoms with Gasteiger partial charge in [0, 0.05) is 12.0 Å². The molecule has 27 heavy (non-hydrogen) atoms. The van der Waals surface area contributed by atoms with Gasteiger partial charge in [0.15, 0.2) is 0 Å². The van der Waals surface area contributed by atoms with Crippen LogP contribution in [0.1, 0.15) is 55.2 Å². The molecule has 1 fully saturated rings. The molecule has 0 saturated carbocycles. The summed E-state index contributed by atoms with van der Waals surface area (Å²) in [6.07, 6.45) is 8.07. The van der Waals surface area contributed by atoms with E-state index < -0.39 is 0 Å². The van der Waals surface area contributed by atoms with Crippen molar-refractivity contribution in [2.75, 3.05) is 26.2 Å². The summed E-state index contributed by atoms with van der Waals surface area (Å²) in [6.45, 7) is 10.1. The third kappa shape index (κ3) is 5.84. The van der Waals surface area contributed by atoms with Crippen LogP contribution in [0.15, 0.2) is 48.5 Å². The highest BCUT2D eigenvalue weighted by atomic mass is 16.5. The van der Waals surface area contributed by atoms with Crippen molar-refractivity contribution in [3.63, 3.8) is 0 Å². The summed E-state index contributed by atoms with van der Waals surface area (Å²) in [6, 6.07) is 17.5. The number of rotatable bonds is 7. The standard InChI is InChI=1S/C25H36NO/c1-22-13-11-14-23(2)25(22)27-20-12-19-26(17-9-4-3-5-10-18-26)21-24-15-7-6-8-16-24/h6-8,11,13-16H,3-5,9-10,12,17-21H2,1-2H3/q+1. The first-order valence-corrected chi connectivity index (χ1v) is 10.8. The SMILES string of the molecule is Cc1cccc(C)c1OCCC[N+]1(Cc2ccccc2)CCCCCCC1. The molecule has 0 aliphatic carbocycles. The number of benzene rings is 2. The fraction of sp³-hybridized carbons (Fsp3) is 0.520. The quantitative estimate of drug-likeness (QED) is 0.428. The molecule has 146 valence electrons. The summed E-state index contributed by atoms with van der Waals surface area (Å²) in [4.78, 5) is 0. The predicted molar refractivity (Wildman–Crippen MR) is 114 cm³/mol. The van der Waals surface area contributed by atoms with Gasteiger partial charge in [-0.2, -0.15) is 0 Å². The monoisotopic (exact) mass is 366 g/mol. The Balaban J connectivity index is 1.62. The van der Waals surface area contributed by atoms with Crippen LogP contribution in [-0.2, 0) is 6.54 Å². The second-order valence-electron chi connectivity index (χ2n) is 8.35. The molecule has 3 rings (SSSR count). The molecule has 1 heterocycles. The zero-order valence-electron chi connectivity index (χ0n) is 17.3. The van der Waals surface area contributed by atoms with Gasteiger partial charge in [0.05, 0.1) is 26.2 Å². The van der Waals surface area contributed by atoms with Crippen molar-refractivity contribution in [1.82, 2.24) is 0 Å². The molecule has 2 nitrogen and oxygen atoms in total. The van der Waals surface area contributed by atoms with Crippen molar-refractivity contribution in [2.45, 2.75) is 58.9 Å². The lowest BCUT2D eigenvalue weighted by Gasteiger charge is -2.40. The van der Waals surface area contributed by atoms with Gasteiger partial charge in [-0.25, -0.2) is 0 Å². The topological polar surface area (TPSA) is 9.23 Å². The number of hydrogen-bond donors (Lipinski definition) is 0. The minimum atomic E-state index is 0.820. The summed E-state index contributed by atoms with van der Waals surface area (Å²) in [5.74, 6) is 1.08. The van der Waals surface area contributed by atoms with E-state index in [9.17, 15) is 0 Å². The maximum absolute atomic E-state index is 6.20. The molecule has 2 aromatic rings. The molecule has 1 aliphatic heterocycles. The molecule has 1 saturated heterocycles. The Hall–Kier alpha value is -1.80. The van der Waals surface area contributed by atoms with Crippen molar-refractivity contribution < 1.29 is 9.22 Å². The van der Waals surface area contributed by atoms with Gasteiger partial charge in [-0.15, -0.1) is 0 Å². The van der Waals surface area contributed by atoms with Gasteiger partial charge < -0.3 is 9.22 Å². The Labute approximate surface area is 165 Å². The summed E-state index contributed by atoms with van der Waals surface area (Å²) in [7, 11) is 0. The normalized spacial score (nSPS) is 17.1. The lowest BCUT2D eigenvalue weighted by molar-refractivity contribution is -0.942. The van der Waals surface area contributed by atoms with E-state index in [1.807, 2.05) is 0 Å². The fourth-order valence-corrected chi connectivity index (χ4v) is 4.57. The third-order valence-electron chi connectivity index (χ3n) is 6.06. The van der Waals surface area contributed by atoms with Gasteiger partial charge in [-0.1, -0.05) is 55.0 Å². The Morgan fingerprint density at radius 1 is 0.778 bits per heavy atom. The van der Waals surface area contributed by atoms with E-state index in [1.165, 1.54) is 79.5 Å². The van der Waals surface area contributed by atoms with Crippen LogP contribution in [0, 0.1) is 13.8 Å². The second kappa shape index (κ2) is 9.94. The van der Waals surface area contributed by atoms with Crippen molar-refractivity contribution in [3.05, 3.63) is 65.2 Å². The van der Waals surface area contributed by atoms with E-state index in [0.29, 0.717) is 0 Å². The molecule has 0 radical (unpaired) electrons. The van der Waals surface area contributed by atoms with Gasteiger partial charge in [-0.3, -0.25) is 0 Å². The summed E-state index contributed by atoms with van der Waals surface area (Å²) < 4.78 is 7.44. The first kappa shape index (κ1) is 19.9. The van der Waals surface area contributed by atoms with Gasteiger partial charge in [0.1, 0.15) is 12.3 Å². The highest BCUT2D eigenvalue weighted by Crippen LogP contribution is 2.25. The maximum atomic E-state index is 6.20. The molecule has 0 amide bonds. The van der Waals surface area contributed by atoms with Crippen LogP contribution in [0.3, 0.4) is 0 Å². The molecule has 0 unspecified atom stereocenters. The van der Waals surface area contributed by atoms with Gasteiger partial charge in [-0.05, 0) is 50.7 Å². The zero-order valence-corrected chi connectivity index (χ0v) is 17.3. The largest absolute Gasteiger partial charge is 0.493 e. The Bertz CT molecular complexity index is 666. The van der Waals surface area contributed by atoms with Crippen molar-refractivity contribution >= 4 is 0 Å². The van der Waals surface area contributed by atoms with Crippen molar-refractivity contribution in [2.24, 2.45) is 0 Å². The van der Waals surface area contributed by atoms with Gasteiger partial charge in [0.25, 0.3) is 0 Å². The maximum Gasteiger partial charge on any atom is 0.125 e. The van der Waals surface area contributed by atoms with E-state index in [2.05, 4.69) is 62.4 Å². The Morgan fingerprint density at radius 3 is 2.07 bits per heavy atom. The van der Waals surface area contributed by atoms with E-state index >= 15 is 0 Å². The minimum absolute atomic E-state index is 0.820. The minimum Gasteiger partial charge on any atom is -0.493 e. The number of nitrogens with zero attached hydrogens (tertiary/aromatic N) is 1. The van der Waals surface area contributed by atoms with E-state index in [0.717, 1.165) is 18.8 Å². The summed E-state index contributed by atoms with van der Waals surface area (Å²) in [5.41, 5.74) is 3.97. The molecule has 0 spiro atoms. The second-order valence-corrected chi connectivity index (χ2v) is 8.35. The van der Waals surface area contributed by atoms with Crippen LogP contribution in [0.25, 0.3) is 0 Å². The molecule has 0 N–H and O–H groups in total. The first-order chi connectivity index (χ1) is 13.2. The van der Waals surface area contributed by atoms with Crippen LogP contribution in [0.4, 0.5) is 0 Å². The molecular weight excluding hydrogens is 330 g/mol. The van der Waals surface area contributed by atoms with Crippen LogP contribution in [-0.4, -0.2) is 30.7 Å². The van der Waals surface area contributed by atoms with Crippen molar-refractivity contribution in [3.8, 4) is 5.75 Å². The van der Waals surface area contributed by atoms with Crippen LogP contribution in [0.5, 0.6) is 5.75 Å². The number of para-hydroxylation sites is 1. The smallest absolute Gasteiger partial charge is 0.125 e. The molecule has 2 heteroatoms. The Morgan fingerprint density at radius 2 is 1.41 bits per heavy atom. The molecule has 2 aromatic carbocycles. The van der Waals surface area contributed by atoms with E-state index in [1.54, 1.807) is 0 Å². The molecule has 0 aromatic heterocycles. The number of aryl methyl sites for hydroxylation is 2. The van der Waals surface area contributed by atoms with Gasteiger partial charge in [0.2, 0.25) is 0 Å². The Kier molecular flexibility index (Phi) is 7.34. The summed E-state index contributed by atoms with van der Waals surface area (Å²) in [5, 5.41) is 0. The average Bonchev–Trinajstić information content (AvgIpc) is 2.65. The lowest BCUT2D eigenvalue weighted by Crippen LogP contribution is -2.50. The number of hydrogen-bond acceptors (Lipinski definition) is 1. The number of likely N-dealkylation sites (tertiary alicyclic amines) is 1. The van der Waals surface area contributed by atoms with Crippen LogP contribution >= 0.6 is 0 Å². The molecule has 0 bridgehead atoms. The fourth-order valence-electron chi connectivity index (χ4n) is 4.57. The molecule has 0 atom stereocenters. The zero-order chi connectivity index (χ0) is 19.0. The molecule has 1 aliphatic rings. The lowest BCUT2D eigenvalue weighted by atomic mass is 10.0. The van der Waals surface area contributed by atoms with E-state index in [4.69, 9.17) is 4.74 Å². The number of quaternary nitrogens is 1. The highest BCUT2D eigenvalue weighted by Gasteiger charge is 2.28. The third-order valence-corrected chi connectivity index (χ3v) is 6.06. The van der Waals surface area contributed by atoms with Gasteiger partial charge >= 0.3 is 0 Å². The molecular formula is C25H36NO+. The van der Waals surface area contributed by atoms with Crippen LogP contribution in [0.2, 0.25) is 0 Å². The predicted octanol–water partition coefficient (Wildman–Crippen LogP) is 6.05. The van der Waals surface area contributed by atoms with Crippen LogP contribution < -0.4 is 4.74 Å².